The fourth-order valence-electron chi connectivity index (χ4n) is 2.93. The quantitative estimate of drug-likeness (QED) is 0.752. The third-order valence-corrected chi connectivity index (χ3v) is 4.49. The van der Waals surface area contributed by atoms with Gasteiger partial charge >= 0.3 is 0 Å². The van der Waals surface area contributed by atoms with Gasteiger partial charge in [-0.15, -0.1) is 0 Å². The van der Waals surface area contributed by atoms with Gasteiger partial charge in [-0.05, 0) is 47.2 Å². The second-order valence-corrected chi connectivity index (χ2v) is 7.53. The molecule has 128 valence electrons. The highest BCUT2D eigenvalue weighted by Crippen LogP contribution is 2.26. The number of anilines is 1. The molecule has 0 bridgehead atoms. The summed E-state index contributed by atoms with van der Waals surface area (Å²) < 4.78 is 5.94. The van der Waals surface area contributed by atoms with E-state index in [-0.39, 0.29) is 11.5 Å². The van der Waals surface area contributed by atoms with Crippen LogP contribution < -0.4 is 21.3 Å². The van der Waals surface area contributed by atoms with Crippen LogP contribution in [0.2, 0.25) is 0 Å². The molecular formula is C20H27N3O. The molecule has 1 aliphatic heterocycles. The van der Waals surface area contributed by atoms with E-state index < -0.39 is 0 Å². The summed E-state index contributed by atoms with van der Waals surface area (Å²) >= 11 is 0. The number of nitrogens with one attached hydrogen (secondary N) is 2. The van der Waals surface area contributed by atoms with Gasteiger partial charge in [0.2, 0.25) is 0 Å². The van der Waals surface area contributed by atoms with Crippen molar-refractivity contribution in [2.24, 2.45) is 0 Å². The Morgan fingerprint density at radius 2 is 1.67 bits per heavy atom. The summed E-state index contributed by atoms with van der Waals surface area (Å²) in [5, 5.41) is 0. The van der Waals surface area contributed by atoms with Gasteiger partial charge in [0.1, 0.15) is 12.4 Å². The lowest BCUT2D eigenvalue weighted by Crippen LogP contribution is -2.34. The van der Waals surface area contributed by atoms with Crippen LogP contribution in [0.15, 0.2) is 48.5 Å². The van der Waals surface area contributed by atoms with E-state index in [0.717, 1.165) is 17.9 Å². The molecule has 1 heterocycles. The predicted molar refractivity (Wildman–Crippen MR) is 98.9 cm³/mol. The van der Waals surface area contributed by atoms with E-state index in [1.165, 1.54) is 11.1 Å². The van der Waals surface area contributed by atoms with Crippen molar-refractivity contribution in [1.82, 2.24) is 10.9 Å². The summed E-state index contributed by atoms with van der Waals surface area (Å²) in [7, 11) is 0. The Morgan fingerprint density at radius 1 is 1.00 bits per heavy atom. The van der Waals surface area contributed by atoms with E-state index in [0.29, 0.717) is 12.6 Å². The van der Waals surface area contributed by atoms with Crippen LogP contribution in [0.25, 0.3) is 0 Å². The first-order chi connectivity index (χ1) is 11.4. The Balaban J connectivity index is 1.52. The van der Waals surface area contributed by atoms with Crippen molar-refractivity contribution >= 4 is 5.69 Å². The van der Waals surface area contributed by atoms with E-state index in [1.807, 2.05) is 12.1 Å². The molecule has 2 aromatic carbocycles. The number of benzene rings is 2. The fraction of sp³-hybridized carbons (Fsp3) is 0.400. The van der Waals surface area contributed by atoms with Crippen LogP contribution in [-0.2, 0) is 5.41 Å². The molecule has 0 aliphatic carbocycles. The van der Waals surface area contributed by atoms with Crippen molar-refractivity contribution in [3.63, 3.8) is 0 Å². The second kappa shape index (κ2) is 6.83. The number of ether oxygens (including phenoxy) is 1. The third-order valence-electron chi connectivity index (χ3n) is 4.49. The SMILES string of the molecule is CC(C)(C)c1ccc(OCC2CC(c3ccc(N)cc3)NN2)cc1. The van der Waals surface area contributed by atoms with Crippen LogP contribution >= 0.6 is 0 Å². The highest BCUT2D eigenvalue weighted by atomic mass is 16.5. The van der Waals surface area contributed by atoms with Crippen LogP contribution in [-0.4, -0.2) is 12.6 Å². The molecule has 2 atom stereocenters. The Kier molecular flexibility index (Phi) is 4.78. The average molecular weight is 325 g/mol. The van der Waals surface area contributed by atoms with Gasteiger partial charge in [0.25, 0.3) is 0 Å². The Bertz CT molecular complexity index is 659. The van der Waals surface area contributed by atoms with Gasteiger partial charge in [-0.1, -0.05) is 45.0 Å². The van der Waals surface area contributed by atoms with E-state index in [4.69, 9.17) is 10.5 Å². The minimum atomic E-state index is 0.168. The van der Waals surface area contributed by atoms with Gasteiger partial charge in [-0.3, -0.25) is 5.43 Å². The molecule has 4 N–H and O–H groups in total. The zero-order chi connectivity index (χ0) is 17.2. The van der Waals surface area contributed by atoms with E-state index in [2.05, 4.69) is 68.0 Å². The summed E-state index contributed by atoms with van der Waals surface area (Å²) in [6, 6.07) is 17.0. The average Bonchev–Trinajstić information content (AvgIpc) is 3.02. The highest BCUT2D eigenvalue weighted by molar-refractivity contribution is 5.40. The summed E-state index contributed by atoms with van der Waals surface area (Å²) in [5.74, 6) is 0.917. The summed E-state index contributed by atoms with van der Waals surface area (Å²) in [4.78, 5) is 0. The topological polar surface area (TPSA) is 59.3 Å². The largest absolute Gasteiger partial charge is 0.492 e. The number of hydrogen-bond donors (Lipinski definition) is 3. The molecule has 2 aromatic rings. The Hall–Kier alpha value is -2.04. The molecule has 0 spiro atoms. The number of hydrogen-bond acceptors (Lipinski definition) is 4. The van der Waals surface area contributed by atoms with Crippen LogP contribution in [0.1, 0.15) is 44.4 Å². The molecule has 0 radical (unpaired) electrons. The number of nitrogen functional groups attached to an aromatic ring is 1. The van der Waals surface area contributed by atoms with E-state index in [9.17, 15) is 0 Å². The molecular weight excluding hydrogens is 298 g/mol. The van der Waals surface area contributed by atoms with Crippen LogP contribution in [0.4, 0.5) is 5.69 Å². The monoisotopic (exact) mass is 325 g/mol. The molecule has 0 amide bonds. The molecule has 4 heteroatoms. The zero-order valence-electron chi connectivity index (χ0n) is 14.7. The lowest BCUT2D eigenvalue weighted by Gasteiger charge is -2.19. The zero-order valence-corrected chi connectivity index (χ0v) is 14.7. The molecule has 2 unspecified atom stereocenters. The van der Waals surface area contributed by atoms with Gasteiger partial charge < -0.3 is 10.5 Å². The van der Waals surface area contributed by atoms with Crippen molar-refractivity contribution in [3.8, 4) is 5.75 Å². The predicted octanol–water partition coefficient (Wildman–Crippen LogP) is 3.55. The lowest BCUT2D eigenvalue weighted by molar-refractivity contribution is 0.272. The minimum Gasteiger partial charge on any atom is -0.492 e. The van der Waals surface area contributed by atoms with Crippen molar-refractivity contribution in [3.05, 3.63) is 59.7 Å². The molecule has 1 aliphatic rings. The van der Waals surface area contributed by atoms with Gasteiger partial charge in [-0.25, -0.2) is 5.43 Å². The molecule has 3 rings (SSSR count). The molecule has 4 nitrogen and oxygen atoms in total. The normalized spacial score (nSPS) is 21.0. The van der Waals surface area contributed by atoms with Crippen molar-refractivity contribution < 1.29 is 4.74 Å². The minimum absolute atomic E-state index is 0.168. The maximum atomic E-state index is 5.94. The van der Waals surface area contributed by atoms with E-state index >= 15 is 0 Å². The second-order valence-electron chi connectivity index (χ2n) is 7.53. The molecule has 24 heavy (non-hydrogen) atoms. The molecule has 0 saturated carbocycles. The van der Waals surface area contributed by atoms with Crippen molar-refractivity contribution in [2.45, 2.75) is 44.7 Å². The highest BCUT2D eigenvalue weighted by Gasteiger charge is 2.25. The van der Waals surface area contributed by atoms with Gasteiger partial charge in [0.15, 0.2) is 0 Å². The third kappa shape index (κ3) is 4.08. The Morgan fingerprint density at radius 3 is 2.29 bits per heavy atom. The first kappa shape index (κ1) is 16.8. The smallest absolute Gasteiger partial charge is 0.119 e. The van der Waals surface area contributed by atoms with Crippen molar-refractivity contribution in [1.29, 1.82) is 0 Å². The molecule has 1 saturated heterocycles. The number of rotatable bonds is 4. The lowest BCUT2D eigenvalue weighted by atomic mass is 9.87. The first-order valence-electron chi connectivity index (χ1n) is 8.51. The standard InChI is InChI=1S/C20H27N3O/c1-20(2,3)15-6-10-18(11-7-15)24-13-17-12-19(23-22-17)14-4-8-16(21)9-5-14/h4-11,17,19,22-23H,12-13,21H2,1-3H3. The van der Waals surface area contributed by atoms with Gasteiger partial charge in [0, 0.05) is 11.7 Å². The summed E-state index contributed by atoms with van der Waals surface area (Å²) in [6.07, 6.45) is 0.990. The fourth-order valence-corrected chi connectivity index (χ4v) is 2.93. The van der Waals surface area contributed by atoms with Crippen LogP contribution in [0, 0.1) is 0 Å². The maximum absolute atomic E-state index is 5.94. The number of nitrogens with two attached hydrogens (primary N) is 1. The van der Waals surface area contributed by atoms with E-state index in [1.54, 1.807) is 0 Å². The first-order valence-corrected chi connectivity index (χ1v) is 8.51. The molecule has 0 aromatic heterocycles. The molecule has 1 fully saturated rings. The summed E-state index contributed by atoms with van der Waals surface area (Å²) in [6.45, 7) is 7.30. The maximum Gasteiger partial charge on any atom is 0.119 e. The number of hydrazine groups is 1. The van der Waals surface area contributed by atoms with Crippen LogP contribution in [0.3, 0.4) is 0 Å². The summed E-state index contributed by atoms with van der Waals surface area (Å²) in [5.41, 5.74) is 15.9. The van der Waals surface area contributed by atoms with Gasteiger partial charge in [0.05, 0.1) is 6.04 Å². The van der Waals surface area contributed by atoms with Crippen molar-refractivity contribution in [2.75, 3.05) is 12.3 Å². The Labute approximate surface area is 144 Å². The van der Waals surface area contributed by atoms with Gasteiger partial charge in [-0.2, -0.15) is 0 Å². The van der Waals surface area contributed by atoms with Crippen LogP contribution in [0.5, 0.6) is 5.75 Å².